The molecule has 0 saturated carbocycles. The molecule has 1 amide bonds. The molecule has 5 nitrogen and oxygen atoms in total. The van der Waals surface area contributed by atoms with Crippen molar-refractivity contribution < 1.29 is 19.1 Å². The van der Waals surface area contributed by atoms with Gasteiger partial charge in [-0.2, -0.15) is 0 Å². The highest BCUT2D eigenvalue weighted by molar-refractivity contribution is 6.74. The molecular formula is C18H35NO4Si. The van der Waals surface area contributed by atoms with Gasteiger partial charge in [0, 0.05) is 0 Å². The van der Waals surface area contributed by atoms with Crippen LogP contribution in [0, 0.1) is 0 Å². The molecule has 0 spiro atoms. The van der Waals surface area contributed by atoms with Gasteiger partial charge in [-0.3, -0.25) is 4.90 Å². The third-order valence-corrected chi connectivity index (χ3v) is 9.28. The summed E-state index contributed by atoms with van der Waals surface area (Å²) < 4.78 is 11.8. The first-order valence-corrected chi connectivity index (χ1v) is 11.5. The number of nitrogens with zero attached hydrogens (tertiary/aromatic N) is 1. The van der Waals surface area contributed by atoms with E-state index in [2.05, 4.69) is 33.9 Å². The van der Waals surface area contributed by atoms with E-state index in [4.69, 9.17) is 9.16 Å². The van der Waals surface area contributed by atoms with E-state index in [0.717, 1.165) is 5.57 Å². The first-order chi connectivity index (χ1) is 10.6. The van der Waals surface area contributed by atoms with Gasteiger partial charge in [0.25, 0.3) is 0 Å². The number of hydrogen-bond acceptors (Lipinski definition) is 4. The monoisotopic (exact) mass is 357 g/mol. The molecule has 1 heterocycles. The summed E-state index contributed by atoms with van der Waals surface area (Å²) in [5.41, 5.74) is 0.375. The van der Waals surface area contributed by atoms with Gasteiger partial charge >= 0.3 is 6.09 Å². The van der Waals surface area contributed by atoms with Crippen LogP contribution in [0.2, 0.25) is 18.1 Å². The van der Waals surface area contributed by atoms with Crippen molar-refractivity contribution in [3.05, 3.63) is 11.6 Å². The molecule has 2 unspecified atom stereocenters. The van der Waals surface area contributed by atoms with E-state index in [1.54, 1.807) is 11.0 Å². The number of aliphatic hydroxyl groups excluding tert-OH is 1. The summed E-state index contributed by atoms with van der Waals surface area (Å²) in [5.74, 6) is 0. The number of ether oxygens (including phenoxy) is 1. The Morgan fingerprint density at radius 3 is 2.29 bits per heavy atom. The average Bonchev–Trinajstić information content (AvgIpc) is 2.33. The molecule has 2 atom stereocenters. The highest BCUT2D eigenvalue weighted by Crippen LogP contribution is 2.37. The Kier molecular flexibility index (Phi) is 6.34. The molecule has 140 valence electrons. The van der Waals surface area contributed by atoms with Crippen molar-refractivity contribution in [1.29, 1.82) is 0 Å². The predicted molar refractivity (Wildman–Crippen MR) is 99.6 cm³/mol. The van der Waals surface area contributed by atoms with Crippen LogP contribution in [0.4, 0.5) is 4.79 Å². The lowest BCUT2D eigenvalue weighted by molar-refractivity contribution is 0.00235. The zero-order chi connectivity index (χ0) is 18.9. The second-order valence-electron chi connectivity index (χ2n) is 9.20. The van der Waals surface area contributed by atoms with Crippen LogP contribution in [0.1, 0.15) is 48.5 Å². The number of rotatable bonds is 3. The second kappa shape index (κ2) is 7.18. The highest BCUT2D eigenvalue weighted by Gasteiger charge is 2.40. The highest BCUT2D eigenvalue weighted by atomic mass is 28.4. The molecule has 0 aromatic rings. The maximum absolute atomic E-state index is 12.6. The summed E-state index contributed by atoms with van der Waals surface area (Å²) in [4.78, 5) is 14.2. The molecule has 1 aliphatic rings. The molecule has 0 saturated heterocycles. The van der Waals surface area contributed by atoms with E-state index >= 15 is 0 Å². The van der Waals surface area contributed by atoms with Crippen molar-refractivity contribution in [2.75, 3.05) is 13.2 Å². The number of amides is 1. The minimum Gasteiger partial charge on any atom is -0.444 e. The van der Waals surface area contributed by atoms with Gasteiger partial charge in [-0.05, 0) is 51.4 Å². The maximum atomic E-state index is 12.6. The molecule has 24 heavy (non-hydrogen) atoms. The van der Waals surface area contributed by atoms with Crippen LogP contribution in [0.25, 0.3) is 0 Å². The largest absolute Gasteiger partial charge is 0.444 e. The molecule has 0 fully saturated rings. The van der Waals surface area contributed by atoms with E-state index < -0.39 is 26.1 Å². The van der Waals surface area contributed by atoms with Crippen molar-refractivity contribution in [2.24, 2.45) is 0 Å². The zero-order valence-corrected chi connectivity index (χ0v) is 17.8. The third-order valence-electron chi connectivity index (χ3n) is 4.78. The van der Waals surface area contributed by atoms with Gasteiger partial charge in [-0.15, -0.1) is 0 Å². The molecule has 0 bridgehead atoms. The smallest absolute Gasteiger partial charge is 0.410 e. The average molecular weight is 358 g/mol. The van der Waals surface area contributed by atoms with Gasteiger partial charge < -0.3 is 14.3 Å². The number of hydrogen-bond donors (Lipinski definition) is 1. The fraction of sp³-hybridized carbons (Fsp3) is 0.833. The lowest BCUT2D eigenvalue weighted by Gasteiger charge is -2.41. The van der Waals surface area contributed by atoms with E-state index in [0.29, 0.717) is 6.61 Å². The molecular weight excluding hydrogens is 322 g/mol. The topological polar surface area (TPSA) is 59.0 Å². The Morgan fingerprint density at radius 2 is 1.83 bits per heavy atom. The summed E-state index contributed by atoms with van der Waals surface area (Å²) in [6, 6.07) is -0.197. The van der Waals surface area contributed by atoms with Gasteiger partial charge in [0.15, 0.2) is 8.32 Å². The van der Waals surface area contributed by atoms with Crippen LogP contribution in [0.3, 0.4) is 0 Å². The maximum Gasteiger partial charge on any atom is 0.410 e. The van der Waals surface area contributed by atoms with Crippen LogP contribution in [-0.4, -0.2) is 55.3 Å². The van der Waals surface area contributed by atoms with Crippen LogP contribution in [-0.2, 0) is 9.16 Å². The number of carbonyl (C=O) groups excluding carboxylic acids is 1. The van der Waals surface area contributed by atoms with Gasteiger partial charge in [0.05, 0.1) is 25.3 Å². The summed E-state index contributed by atoms with van der Waals surface area (Å²) >= 11 is 0. The Bertz CT molecular complexity index is 488. The van der Waals surface area contributed by atoms with E-state index in [1.165, 1.54) is 0 Å². The van der Waals surface area contributed by atoms with Gasteiger partial charge in [0.1, 0.15) is 5.60 Å². The van der Waals surface area contributed by atoms with Gasteiger partial charge in [0.2, 0.25) is 0 Å². The minimum absolute atomic E-state index is 0.107. The van der Waals surface area contributed by atoms with Crippen molar-refractivity contribution in [3.63, 3.8) is 0 Å². The Hall–Kier alpha value is -0.853. The van der Waals surface area contributed by atoms with Crippen LogP contribution >= 0.6 is 0 Å². The Morgan fingerprint density at radius 1 is 1.29 bits per heavy atom. The molecule has 0 aromatic carbocycles. The van der Waals surface area contributed by atoms with E-state index in [1.807, 2.05) is 27.7 Å². The van der Waals surface area contributed by atoms with Crippen molar-refractivity contribution in [3.8, 4) is 0 Å². The summed E-state index contributed by atoms with van der Waals surface area (Å²) in [5, 5.41) is 10.1. The van der Waals surface area contributed by atoms with E-state index in [-0.39, 0.29) is 17.6 Å². The molecule has 0 radical (unpaired) electrons. The number of carbonyl (C=O) groups is 1. The van der Waals surface area contributed by atoms with Crippen LogP contribution in [0.15, 0.2) is 11.6 Å². The van der Waals surface area contributed by atoms with Crippen LogP contribution in [0.5, 0.6) is 0 Å². The van der Waals surface area contributed by atoms with E-state index in [9.17, 15) is 9.90 Å². The fourth-order valence-corrected chi connectivity index (χ4v) is 3.30. The molecule has 0 aliphatic carbocycles. The molecule has 1 N–H and O–H groups in total. The molecule has 0 aromatic heterocycles. The first kappa shape index (κ1) is 21.2. The normalized spacial score (nSPS) is 23.1. The number of aliphatic hydroxyl groups is 1. The second-order valence-corrected chi connectivity index (χ2v) is 14.0. The Balaban J connectivity index is 2.94. The standard InChI is InChI=1S/C18H35NO4Si/c1-13-10-14(20)11-19(16(21)23-17(2,3)4)15(13)12-22-24(8,9)18(5,6)7/h10,14-15,20H,11-12H2,1-9H3. The SMILES string of the molecule is CC1=CC(O)CN(C(=O)OC(C)(C)C)C1CO[Si](C)(C)C(C)(C)C. The predicted octanol–water partition coefficient (Wildman–Crippen LogP) is 3.93. The van der Waals surface area contributed by atoms with Crippen molar-refractivity contribution in [1.82, 2.24) is 4.90 Å². The first-order valence-electron chi connectivity index (χ1n) is 8.64. The quantitative estimate of drug-likeness (QED) is 0.614. The summed E-state index contributed by atoms with van der Waals surface area (Å²) in [6.45, 7) is 19.1. The fourth-order valence-electron chi connectivity index (χ4n) is 2.29. The number of β-amino-alcohol motifs (C(OH)–C–C–N with tert-alkyl or cyclic N) is 1. The molecule has 1 aliphatic heterocycles. The van der Waals surface area contributed by atoms with Crippen molar-refractivity contribution in [2.45, 2.75) is 84.3 Å². The third kappa shape index (κ3) is 5.60. The molecule has 1 rings (SSSR count). The van der Waals surface area contributed by atoms with Crippen LogP contribution < -0.4 is 0 Å². The lowest BCUT2D eigenvalue weighted by atomic mass is 10.0. The zero-order valence-electron chi connectivity index (χ0n) is 16.8. The van der Waals surface area contributed by atoms with Gasteiger partial charge in [-0.1, -0.05) is 26.8 Å². The lowest BCUT2D eigenvalue weighted by Crippen LogP contribution is -2.53. The Labute approximate surface area is 148 Å². The van der Waals surface area contributed by atoms with Crippen molar-refractivity contribution >= 4 is 14.4 Å². The molecule has 6 heteroatoms. The summed E-state index contributed by atoms with van der Waals surface area (Å²) in [6.07, 6.45) is 0.736. The van der Waals surface area contributed by atoms with Gasteiger partial charge in [-0.25, -0.2) is 4.79 Å². The minimum atomic E-state index is -1.92. The summed E-state index contributed by atoms with van der Waals surface area (Å²) in [7, 11) is -1.92.